The van der Waals surface area contributed by atoms with Crippen LogP contribution in [-0.4, -0.2) is 36.4 Å². The fourth-order valence-electron chi connectivity index (χ4n) is 1.15. The van der Waals surface area contributed by atoms with Gasteiger partial charge in [0.2, 0.25) is 0 Å². The van der Waals surface area contributed by atoms with E-state index >= 15 is 0 Å². The number of carbonyl (C=O) groups is 2. The first kappa shape index (κ1) is 29.2. The zero-order valence-electron chi connectivity index (χ0n) is 15.5. The number of benzene rings is 3. The van der Waals surface area contributed by atoms with Crippen molar-refractivity contribution in [2.45, 2.75) is 13.8 Å². The molecule has 3 aromatic rings. The number of carboxylic acid groups (broad SMARTS) is 2. The van der Waals surface area contributed by atoms with E-state index in [0.29, 0.717) is 0 Å². The van der Waals surface area contributed by atoms with Crippen molar-refractivity contribution >= 4 is 36.4 Å². The molecule has 5 heteroatoms. The molecule has 4 nitrogen and oxygen atoms in total. The number of aliphatic carboxylic acids is 2. The van der Waals surface area contributed by atoms with Gasteiger partial charge in [0.15, 0.2) is 0 Å². The SMILES string of the molecule is CC(=O)[O-].CC(=O)[O-].[Sb].c1ccccc1.c1ccccc1.c1ccccc1. The van der Waals surface area contributed by atoms with Crippen LogP contribution in [0.2, 0.25) is 0 Å². The van der Waals surface area contributed by atoms with Crippen LogP contribution < -0.4 is 10.2 Å². The van der Waals surface area contributed by atoms with Crippen LogP contribution in [0.25, 0.3) is 0 Å². The van der Waals surface area contributed by atoms with Crippen molar-refractivity contribution in [1.82, 2.24) is 0 Å². The third-order valence-electron chi connectivity index (χ3n) is 2.00. The summed E-state index contributed by atoms with van der Waals surface area (Å²) >= 11 is 0. The molecule has 3 rings (SSSR count). The first-order chi connectivity index (χ1) is 12.5. The third kappa shape index (κ3) is 45.2. The van der Waals surface area contributed by atoms with Crippen LogP contribution in [0.3, 0.4) is 0 Å². The molecular formula is C22H24O4Sb-2. The van der Waals surface area contributed by atoms with E-state index in [1.54, 1.807) is 0 Å². The summed E-state index contributed by atoms with van der Waals surface area (Å²) in [5, 5.41) is 17.8. The molecule has 3 radical (unpaired) electrons. The third-order valence-corrected chi connectivity index (χ3v) is 2.00. The van der Waals surface area contributed by atoms with E-state index in [1.165, 1.54) is 0 Å². The number of rotatable bonds is 0. The van der Waals surface area contributed by atoms with Gasteiger partial charge in [0, 0.05) is 36.4 Å². The Hall–Kier alpha value is -2.58. The predicted octanol–water partition coefficient (Wildman–Crippen LogP) is 2.19. The Labute approximate surface area is 179 Å². The average Bonchev–Trinajstić information content (AvgIpc) is 2.66. The van der Waals surface area contributed by atoms with Gasteiger partial charge in [0.1, 0.15) is 0 Å². The van der Waals surface area contributed by atoms with Gasteiger partial charge in [0.25, 0.3) is 0 Å². The van der Waals surface area contributed by atoms with E-state index in [4.69, 9.17) is 19.8 Å². The molecule has 0 saturated heterocycles. The molecule has 0 aliphatic rings. The molecule has 0 saturated carbocycles. The van der Waals surface area contributed by atoms with E-state index in [9.17, 15) is 0 Å². The van der Waals surface area contributed by atoms with Crippen molar-refractivity contribution in [3.63, 3.8) is 0 Å². The average molecular weight is 474 g/mol. The Morgan fingerprint density at radius 1 is 0.407 bits per heavy atom. The molecule has 0 amide bonds. The van der Waals surface area contributed by atoms with Crippen LogP contribution in [0.4, 0.5) is 0 Å². The maximum absolute atomic E-state index is 8.89. The van der Waals surface area contributed by atoms with Crippen molar-refractivity contribution in [1.29, 1.82) is 0 Å². The van der Waals surface area contributed by atoms with Gasteiger partial charge in [-0.05, 0) is 13.8 Å². The molecule has 143 valence electrons. The Morgan fingerprint density at radius 3 is 0.481 bits per heavy atom. The smallest absolute Gasteiger partial charge is 0.0383 e. The Balaban J connectivity index is -0.000000268. The summed E-state index contributed by atoms with van der Waals surface area (Å²) in [6, 6.07) is 36.0. The Morgan fingerprint density at radius 2 is 0.444 bits per heavy atom. The molecule has 0 fully saturated rings. The molecular weight excluding hydrogens is 450 g/mol. The molecule has 0 spiro atoms. The summed E-state index contributed by atoms with van der Waals surface area (Å²) in [4.78, 5) is 17.8. The van der Waals surface area contributed by atoms with Crippen molar-refractivity contribution in [3.8, 4) is 0 Å². The van der Waals surface area contributed by atoms with Crippen molar-refractivity contribution < 1.29 is 19.8 Å². The van der Waals surface area contributed by atoms with E-state index in [1.807, 2.05) is 109 Å². The number of hydrogen-bond acceptors (Lipinski definition) is 4. The van der Waals surface area contributed by atoms with E-state index in [2.05, 4.69) is 0 Å². The van der Waals surface area contributed by atoms with Gasteiger partial charge < -0.3 is 19.8 Å². The van der Waals surface area contributed by atoms with Crippen LogP contribution in [0.15, 0.2) is 109 Å². The zero-order chi connectivity index (χ0) is 19.9. The first-order valence-electron chi connectivity index (χ1n) is 7.82. The van der Waals surface area contributed by atoms with Crippen LogP contribution in [0.5, 0.6) is 0 Å². The molecule has 0 aliphatic heterocycles. The minimum absolute atomic E-state index is 0. The van der Waals surface area contributed by atoms with E-state index in [0.717, 1.165) is 13.8 Å². The second-order valence-corrected chi connectivity index (χ2v) is 4.45. The second-order valence-electron chi connectivity index (χ2n) is 4.45. The topological polar surface area (TPSA) is 80.3 Å². The number of carboxylic acids is 2. The summed E-state index contributed by atoms with van der Waals surface area (Å²) in [7, 11) is 0. The molecule has 27 heavy (non-hydrogen) atoms. The molecule has 0 bridgehead atoms. The molecule has 3 aromatic carbocycles. The molecule has 0 aliphatic carbocycles. The second kappa shape index (κ2) is 25.7. The quantitative estimate of drug-likeness (QED) is 0.468. The summed E-state index contributed by atoms with van der Waals surface area (Å²) in [6.45, 7) is 1.94. The van der Waals surface area contributed by atoms with Crippen LogP contribution in [0, 0.1) is 0 Å². The van der Waals surface area contributed by atoms with Gasteiger partial charge in [0.05, 0.1) is 0 Å². The minimum atomic E-state index is -1.08. The minimum Gasteiger partial charge on any atom is -0.550 e. The summed E-state index contributed by atoms with van der Waals surface area (Å²) in [5.74, 6) is -2.17. The molecule has 0 unspecified atom stereocenters. The van der Waals surface area contributed by atoms with Gasteiger partial charge >= 0.3 is 0 Å². The molecule has 0 aromatic heterocycles. The van der Waals surface area contributed by atoms with Crippen molar-refractivity contribution in [3.05, 3.63) is 109 Å². The van der Waals surface area contributed by atoms with Gasteiger partial charge in [-0.2, -0.15) is 0 Å². The summed E-state index contributed by atoms with van der Waals surface area (Å²) < 4.78 is 0. The van der Waals surface area contributed by atoms with Crippen LogP contribution >= 0.6 is 0 Å². The summed E-state index contributed by atoms with van der Waals surface area (Å²) in [6.07, 6.45) is 0. The Bertz CT molecular complexity index is 457. The van der Waals surface area contributed by atoms with Crippen molar-refractivity contribution in [2.75, 3.05) is 0 Å². The maximum Gasteiger partial charge on any atom is 0.0383 e. The summed E-state index contributed by atoms with van der Waals surface area (Å²) in [5.41, 5.74) is 0. The molecule has 0 N–H and O–H groups in total. The normalized spacial score (nSPS) is 7.19. The van der Waals surface area contributed by atoms with Crippen LogP contribution in [0.1, 0.15) is 13.8 Å². The number of carbonyl (C=O) groups excluding carboxylic acids is 2. The first-order valence-corrected chi connectivity index (χ1v) is 7.82. The largest absolute Gasteiger partial charge is 0.550 e. The number of hydrogen-bond donors (Lipinski definition) is 0. The fraction of sp³-hybridized carbons (Fsp3) is 0.0909. The van der Waals surface area contributed by atoms with Gasteiger partial charge in [-0.1, -0.05) is 109 Å². The van der Waals surface area contributed by atoms with E-state index in [-0.39, 0.29) is 24.4 Å². The molecule has 0 heterocycles. The standard InChI is InChI=1S/3C6H6.2C2H4O2.Sb/c3*1-2-4-6-5-3-1;2*1-2(3)4;/h3*1-6H;2*1H3,(H,3,4);/p-2. The van der Waals surface area contributed by atoms with Crippen molar-refractivity contribution in [2.24, 2.45) is 0 Å². The zero-order valence-corrected chi connectivity index (χ0v) is 18.0. The van der Waals surface area contributed by atoms with E-state index < -0.39 is 11.9 Å². The van der Waals surface area contributed by atoms with Gasteiger partial charge in [-0.25, -0.2) is 0 Å². The monoisotopic (exact) mass is 473 g/mol. The Kier molecular flexibility index (Phi) is 27.7. The fourth-order valence-corrected chi connectivity index (χ4v) is 1.15. The van der Waals surface area contributed by atoms with Gasteiger partial charge in [-0.3, -0.25) is 0 Å². The molecule has 0 atom stereocenters. The maximum atomic E-state index is 8.89. The van der Waals surface area contributed by atoms with Crippen LogP contribution in [-0.2, 0) is 9.59 Å². The predicted molar refractivity (Wildman–Crippen MR) is 106 cm³/mol. The van der Waals surface area contributed by atoms with Gasteiger partial charge in [-0.15, -0.1) is 0 Å².